The summed E-state index contributed by atoms with van der Waals surface area (Å²) in [5, 5.41) is 7.79. The van der Waals surface area contributed by atoms with E-state index >= 15 is 0 Å². The second kappa shape index (κ2) is 5.10. The molecule has 1 aliphatic rings. The zero-order valence-electron chi connectivity index (χ0n) is 9.85. The summed E-state index contributed by atoms with van der Waals surface area (Å²) < 4.78 is 4.70. The highest BCUT2D eigenvalue weighted by Crippen LogP contribution is 2.17. The molecule has 4 heteroatoms. The van der Waals surface area contributed by atoms with Gasteiger partial charge in [0.05, 0.1) is 7.11 Å². The second-order valence-corrected chi connectivity index (χ2v) is 4.26. The molecule has 4 nitrogen and oxygen atoms in total. The molecule has 0 radical (unpaired) electrons. The van der Waals surface area contributed by atoms with Gasteiger partial charge in [-0.05, 0) is 5.56 Å². The fraction of sp³-hybridized carbons (Fsp3) is 0.385. The Kier molecular flexibility index (Phi) is 3.54. The zero-order chi connectivity index (χ0) is 12.3. The van der Waals surface area contributed by atoms with Crippen molar-refractivity contribution < 1.29 is 9.53 Å². The van der Waals surface area contributed by atoms with Crippen LogP contribution in [-0.4, -0.2) is 36.8 Å². The van der Waals surface area contributed by atoms with Crippen molar-refractivity contribution in [1.29, 1.82) is 5.41 Å². The highest BCUT2D eigenvalue weighted by molar-refractivity contribution is 6.03. The van der Waals surface area contributed by atoms with E-state index in [0.717, 1.165) is 6.54 Å². The van der Waals surface area contributed by atoms with Gasteiger partial charge in [-0.3, -0.25) is 9.69 Å². The largest absolute Gasteiger partial charge is 0.468 e. The van der Waals surface area contributed by atoms with Crippen LogP contribution in [0.25, 0.3) is 0 Å². The molecule has 0 spiro atoms. The molecule has 17 heavy (non-hydrogen) atoms. The predicted octanol–water partition coefficient (Wildman–Crippen LogP) is 1.31. The van der Waals surface area contributed by atoms with Crippen molar-refractivity contribution >= 4 is 11.7 Å². The molecule has 0 amide bonds. The molecule has 1 aliphatic heterocycles. The monoisotopic (exact) mass is 232 g/mol. The molecule has 1 aromatic rings. The van der Waals surface area contributed by atoms with Gasteiger partial charge in [0.1, 0.15) is 5.92 Å². The molecule has 1 aromatic carbocycles. The second-order valence-electron chi connectivity index (χ2n) is 4.26. The van der Waals surface area contributed by atoms with Gasteiger partial charge < -0.3 is 10.1 Å². The van der Waals surface area contributed by atoms with Gasteiger partial charge in [-0.15, -0.1) is 0 Å². The van der Waals surface area contributed by atoms with Crippen LogP contribution < -0.4 is 0 Å². The lowest BCUT2D eigenvalue weighted by Gasteiger charge is -2.14. The van der Waals surface area contributed by atoms with Crippen molar-refractivity contribution in [3.63, 3.8) is 0 Å². The summed E-state index contributed by atoms with van der Waals surface area (Å²) in [6.07, 6.45) is 0. The number of hydrogen-bond acceptors (Lipinski definition) is 4. The first-order valence-electron chi connectivity index (χ1n) is 5.62. The van der Waals surface area contributed by atoms with E-state index in [2.05, 4.69) is 17.0 Å². The fourth-order valence-corrected chi connectivity index (χ4v) is 2.11. The number of nitrogens with one attached hydrogen (secondary N) is 1. The topological polar surface area (TPSA) is 53.4 Å². The Labute approximate surface area is 101 Å². The third kappa shape index (κ3) is 2.71. The Balaban J connectivity index is 1.98. The minimum atomic E-state index is -0.385. The maximum Gasteiger partial charge on any atom is 0.315 e. The van der Waals surface area contributed by atoms with E-state index in [1.165, 1.54) is 12.7 Å². The molecule has 0 bridgehead atoms. The molecule has 1 N–H and O–H groups in total. The minimum Gasteiger partial charge on any atom is -0.468 e. The van der Waals surface area contributed by atoms with Gasteiger partial charge in [-0.25, -0.2) is 0 Å². The summed E-state index contributed by atoms with van der Waals surface area (Å²) in [4.78, 5) is 13.5. The van der Waals surface area contributed by atoms with Crippen molar-refractivity contribution in [1.82, 2.24) is 4.90 Å². The van der Waals surface area contributed by atoms with Crippen LogP contribution in [0.15, 0.2) is 30.3 Å². The normalized spacial score (nSPS) is 20.5. The number of likely N-dealkylation sites (tertiary alicyclic amines) is 1. The molecular formula is C13H16N2O2. The average molecular weight is 232 g/mol. The third-order valence-corrected chi connectivity index (χ3v) is 2.99. The van der Waals surface area contributed by atoms with Gasteiger partial charge in [0.25, 0.3) is 0 Å². The predicted molar refractivity (Wildman–Crippen MR) is 65.0 cm³/mol. The van der Waals surface area contributed by atoms with Crippen LogP contribution in [0.2, 0.25) is 0 Å². The molecule has 0 saturated carbocycles. The third-order valence-electron chi connectivity index (χ3n) is 2.99. The number of ether oxygens (including phenoxy) is 1. The minimum absolute atomic E-state index is 0.300. The van der Waals surface area contributed by atoms with Crippen LogP contribution in [0, 0.1) is 11.3 Å². The van der Waals surface area contributed by atoms with Crippen molar-refractivity contribution in [3.05, 3.63) is 35.9 Å². The molecule has 90 valence electrons. The van der Waals surface area contributed by atoms with Crippen LogP contribution >= 0.6 is 0 Å². The van der Waals surface area contributed by atoms with Gasteiger partial charge in [-0.2, -0.15) is 0 Å². The molecule has 1 fully saturated rings. The highest BCUT2D eigenvalue weighted by atomic mass is 16.5. The molecule has 2 rings (SSSR count). The molecule has 1 atom stereocenters. The number of benzene rings is 1. The SMILES string of the molecule is COC(=O)C1CN(Cc2ccccc2)CC1=N. The molecule has 1 heterocycles. The fourth-order valence-electron chi connectivity index (χ4n) is 2.11. The average Bonchev–Trinajstić information content (AvgIpc) is 2.70. The first kappa shape index (κ1) is 11.8. The van der Waals surface area contributed by atoms with Gasteiger partial charge >= 0.3 is 5.97 Å². The van der Waals surface area contributed by atoms with Gasteiger partial charge in [-0.1, -0.05) is 30.3 Å². The van der Waals surface area contributed by atoms with E-state index in [9.17, 15) is 4.79 Å². The Morgan fingerprint density at radius 2 is 2.18 bits per heavy atom. The van der Waals surface area contributed by atoms with Crippen molar-refractivity contribution in [3.8, 4) is 0 Å². The molecule has 0 aromatic heterocycles. The Hall–Kier alpha value is -1.68. The lowest BCUT2D eigenvalue weighted by Crippen LogP contribution is -2.24. The summed E-state index contributed by atoms with van der Waals surface area (Å²) in [6, 6.07) is 10.1. The van der Waals surface area contributed by atoms with E-state index in [1.54, 1.807) is 0 Å². The summed E-state index contributed by atoms with van der Waals surface area (Å²) in [6.45, 7) is 1.91. The molecule has 0 aliphatic carbocycles. The Morgan fingerprint density at radius 3 is 2.82 bits per heavy atom. The van der Waals surface area contributed by atoms with Gasteiger partial charge in [0.15, 0.2) is 0 Å². The standard InChI is InChI=1S/C13H16N2O2/c1-17-13(16)11-8-15(9-12(11)14)7-10-5-3-2-4-6-10/h2-6,11,14H,7-9H2,1H3. The lowest BCUT2D eigenvalue weighted by atomic mass is 10.1. The maximum absolute atomic E-state index is 11.4. The van der Waals surface area contributed by atoms with E-state index in [0.29, 0.717) is 18.8 Å². The number of methoxy groups -OCH3 is 1. The van der Waals surface area contributed by atoms with Crippen molar-refractivity contribution in [2.75, 3.05) is 20.2 Å². The summed E-state index contributed by atoms with van der Waals surface area (Å²) in [5.74, 6) is -0.686. The number of esters is 1. The number of hydrogen-bond donors (Lipinski definition) is 1. The van der Waals surface area contributed by atoms with E-state index in [1.807, 2.05) is 18.2 Å². The van der Waals surface area contributed by atoms with E-state index in [4.69, 9.17) is 10.1 Å². The first-order valence-corrected chi connectivity index (χ1v) is 5.62. The van der Waals surface area contributed by atoms with Crippen LogP contribution in [0.3, 0.4) is 0 Å². The van der Waals surface area contributed by atoms with Crippen molar-refractivity contribution in [2.24, 2.45) is 5.92 Å². The maximum atomic E-state index is 11.4. The quantitative estimate of drug-likeness (QED) is 0.799. The molecular weight excluding hydrogens is 216 g/mol. The summed E-state index contributed by atoms with van der Waals surface area (Å²) >= 11 is 0. The summed E-state index contributed by atoms with van der Waals surface area (Å²) in [5.41, 5.74) is 1.65. The highest BCUT2D eigenvalue weighted by Gasteiger charge is 2.33. The van der Waals surface area contributed by atoms with Gasteiger partial charge in [0.2, 0.25) is 0 Å². The van der Waals surface area contributed by atoms with Gasteiger partial charge in [0, 0.05) is 25.3 Å². The molecule has 1 unspecified atom stereocenters. The Morgan fingerprint density at radius 1 is 1.47 bits per heavy atom. The number of rotatable bonds is 3. The first-order chi connectivity index (χ1) is 8.20. The van der Waals surface area contributed by atoms with Crippen molar-refractivity contribution in [2.45, 2.75) is 6.54 Å². The van der Waals surface area contributed by atoms with Crippen LogP contribution in [0.5, 0.6) is 0 Å². The van der Waals surface area contributed by atoms with Crippen LogP contribution in [0.1, 0.15) is 5.56 Å². The van der Waals surface area contributed by atoms with Crippen LogP contribution in [0.4, 0.5) is 0 Å². The number of nitrogens with zero attached hydrogens (tertiary/aromatic N) is 1. The number of carbonyl (C=O) groups is 1. The summed E-state index contributed by atoms with van der Waals surface area (Å²) in [7, 11) is 1.37. The van der Waals surface area contributed by atoms with Crippen LogP contribution in [-0.2, 0) is 16.1 Å². The Bertz CT molecular complexity index is 417. The van der Waals surface area contributed by atoms with E-state index in [-0.39, 0.29) is 11.9 Å². The lowest BCUT2D eigenvalue weighted by molar-refractivity contribution is -0.143. The number of carbonyl (C=O) groups excluding carboxylic acids is 1. The van der Waals surface area contributed by atoms with E-state index < -0.39 is 0 Å². The smallest absolute Gasteiger partial charge is 0.315 e. The zero-order valence-corrected chi connectivity index (χ0v) is 9.85. The molecule has 1 saturated heterocycles.